The number of aromatic nitrogens is 1. The minimum Gasteiger partial charge on any atom is -0.356 e. The monoisotopic (exact) mass is 261 g/mol. The van der Waals surface area contributed by atoms with Crippen molar-refractivity contribution in [2.24, 2.45) is 0 Å². The van der Waals surface area contributed by atoms with Crippen molar-refractivity contribution < 1.29 is 4.52 Å². The van der Waals surface area contributed by atoms with Crippen LogP contribution in [0.4, 0.5) is 0 Å². The van der Waals surface area contributed by atoms with Gasteiger partial charge in [-0.2, -0.15) is 12.6 Å². The minimum atomic E-state index is 0.134. The van der Waals surface area contributed by atoms with E-state index in [0.29, 0.717) is 5.75 Å². The molecule has 96 valence electrons. The highest BCUT2D eigenvalue weighted by molar-refractivity contribution is 7.79. The number of aryl methyl sites for hydroxylation is 1. The number of benzene rings is 1. The lowest BCUT2D eigenvalue weighted by Crippen LogP contribution is -2.11. The maximum Gasteiger partial charge on any atom is 0.167 e. The molecule has 0 spiro atoms. The molecule has 0 saturated carbocycles. The zero-order valence-corrected chi connectivity index (χ0v) is 12.2. The van der Waals surface area contributed by atoms with E-state index >= 15 is 0 Å². The second-order valence-corrected chi connectivity index (χ2v) is 5.94. The molecule has 0 radical (unpaired) electrons. The minimum absolute atomic E-state index is 0.134. The lowest BCUT2D eigenvalue weighted by atomic mass is 9.85. The number of rotatable bonds is 2. The van der Waals surface area contributed by atoms with Gasteiger partial charge in [-0.05, 0) is 29.5 Å². The van der Waals surface area contributed by atoms with Gasteiger partial charge in [0.2, 0.25) is 0 Å². The van der Waals surface area contributed by atoms with Crippen molar-refractivity contribution in [2.45, 2.75) is 38.9 Å². The standard InChI is InChI=1S/C15H19NOS/c1-10-5-6-11(15(2,3)4)7-13(10)14-8-12(9-18)16-17-14/h5-8,18H,9H2,1-4H3. The summed E-state index contributed by atoms with van der Waals surface area (Å²) in [4.78, 5) is 0. The van der Waals surface area contributed by atoms with Crippen molar-refractivity contribution >= 4 is 12.6 Å². The van der Waals surface area contributed by atoms with Gasteiger partial charge in [0.15, 0.2) is 5.76 Å². The number of hydrogen-bond acceptors (Lipinski definition) is 3. The molecule has 0 aliphatic carbocycles. The molecule has 0 aliphatic heterocycles. The van der Waals surface area contributed by atoms with Crippen LogP contribution in [0.1, 0.15) is 37.6 Å². The molecule has 0 fully saturated rings. The molecule has 0 bridgehead atoms. The molecule has 1 heterocycles. The second kappa shape index (κ2) is 4.81. The third kappa shape index (κ3) is 2.61. The lowest BCUT2D eigenvalue weighted by Gasteiger charge is -2.20. The highest BCUT2D eigenvalue weighted by atomic mass is 32.1. The van der Waals surface area contributed by atoms with Crippen LogP contribution in [0.3, 0.4) is 0 Å². The molecule has 1 aromatic carbocycles. The van der Waals surface area contributed by atoms with Gasteiger partial charge >= 0.3 is 0 Å². The maximum absolute atomic E-state index is 5.39. The van der Waals surface area contributed by atoms with Gasteiger partial charge in [0.25, 0.3) is 0 Å². The van der Waals surface area contributed by atoms with Crippen LogP contribution in [-0.4, -0.2) is 5.16 Å². The first-order valence-corrected chi connectivity index (χ1v) is 6.73. The topological polar surface area (TPSA) is 26.0 Å². The smallest absolute Gasteiger partial charge is 0.167 e. The van der Waals surface area contributed by atoms with Crippen molar-refractivity contribution in [3.63, 3.8) is 0 Å². The van der Waals surface area contributed by atoms with Crippen molar-refractivity contribution in [3.05, 3.63) is 41.1 Å². The zero-order chi connectivity index (χ0) is 13.3. The van der Waals surface area contributed by atoms with Crippen molar-refractivity contribution in [3.8, 4) is 11.3 Å². The third-order valence-corrected chi connectivity index (χ3v) is 3.41. The SMILES string of the molecule is Cc1ccc(C(C)(C)C)cc1-c1cc(CS)no1. The van der Waals surface area contributed by atoms with E-state index < -0.39 is 0 Å². The molecule has 2 aromatic rings. The Bertz CT molecular complexity index is 552. The van der Waals surface area contributed by atoms with Gasteiger partial charge in [-0.1, -0.05) is 38.1 Å². The lowest BCUT2D eigenvalue weighted by molar-refractivity contribution is 0.426. The molecule has 3 heteroatoms. The fourth-order valence-electron chi connectivity index (χ4n) is 1.87. The summed E-state index contributed by atoms with van der Waals surface area (Å²) in [7, 11) is 0. The van der Waals surface area contributed by atoms with Crippen molar-refractivity contribution in [1.29, 1.82) is 0 Å². The highest BCUT2D eigenvalue weighted by Crippen LogP contribution is 2.30. The van der Waals surface area contributed by atoms with Crippen LogP contribution in [0.15, 0.2) is 28.8 Å². The molecule has 0 N–H and O–H groups in total. The molecule has 0 aliphatic rings. The molecule has 0 saturated heterocycles. The Morgan fingerprint density at radius 1 is 1.22 bits per heavy atom. The van der Waals surface area contributed by atoms with Crippen LogP contribution in [0.2, 0.25) is 0 Å². The molecule has 0 unspecified atom stereocenters. The molecular weight excluding hydrogens is 242 g/mol. The highest BCUT2D eigenvalue weighted by Gasteiger charge is 2.16. The van der Waals surface area contributed by atoms with Gasteiger partial charge in [0.1, 0.15) is 0 Å². The van der Waals surface area contributed by atoms with Gasteiger partial charge in [-0.25, -0.2) is 0 Å². The molecule has 0 atom stereocenters. The largest absolute Gasteiger partial charge is 0.356 e. The summed E-state index contributed by atoms with van der Waals surface area (Å²) in [5.41, 5.74) is 4.61. The van der Waals surface area contributed by atoms with Gasteiger partial charge in [-0.3, -0.25) is 0 Å². The van der Waals surface area contributed by atoms with Crippen LogP contribution in [-0.2, 0) is 11.2 Å². The Labute approximate surface area is 114 Å². The van der Waals surface area contributed by atoms with E-state index in [1.54, 1.807) is 0 Å². The Balaban J connectivity index is 2.49. The normalized spacial score (nSPS) is 11.8. The fourth-order valence-corrected chi connectivity index (χ4v) is 2.02. The van der Waals surface area contributed by atoms with E-state index in [0.717, 1.165) is 17.0 Å². The van der Waals surface area contributed by atoms with Gasteiger partial charge in [-0.15, -0.1) is 0 Å². The van der Waals surface area contributed by atoms with Gasteiger partial charge < -0.3 is 4.52 Å². The summed E-state index contributed by atoms with van der Waals surface area (Å²) in [6, 6.07) is 8.47. The van der Waals surface area contributed by atoms with Crippen LogP contribution < -0.4 is 0 Å². The van der Waals surface area contributed by atoms with Crippen molar-refractivity contribution in [2.75, 3.05) is 0 Å². The predicted octanol–water partition coefficient (Wildman–Crippen LogP) is 4.38. The van der Waals surface area contributed by atoms with E-state index in [4.69, 9.17) is 4.52 Å². The first-order valence-electron chi connectivity index (χ1n) is 6.10. The van der Waals surface area contributed by atoms with E-state index in [-0.39, 0.29) is 5.41 Å². The van der Waals surface area contributed by atoms with Crippen LogP contribution >= 0.6 is 12.6 Å². The third-order valence-electron chi connectivity index (χ3n) is 3.09. The average Bonchev–Trinajstić information content (AvgIpc) is 2.76. The van der Waals surface area contributed by atoms with E-state index in [1.807, 2.05) is 6.07 Å². The van der Waals surface area contributed by atoms with E-state index in [1.165, 1.54) is 11.1 Å². The molecule has 2 rings (SSSR count). The number of thiol groups is 1. The zero-order valence-electron chi connectivity index (χ0n) is 11.3. The number of hydrogen-bond donors (Lipinski definition) is 1. The summed E-state index contributed by atoms with van der Waals surface area (Å²) >= 11 is 4.21. The fraction of sp³-hybridized carbons (Fsp3) is 0.400. The Morgan fingerprint density at radius 2 is 1.94 bits per heavy atom. The van der Waals surface area contributed by atoms with Crippen LogP contribution in [0.5, 0.6) is 0 Å². The average molecular weight is 261 g/mol. The quantitative estimate of drug-likeness (QED) is 0.812. The summed E-state index contributed by atoms with van der Waals surface area (Å²) in [6.45, 7) is 8.72. The molecule has 18 heavy (non-hydrogen) atoms. The summed E-state index contributed by atoms with van der Waals surface area (Å²) in [6.07, 6.45) is 0. The first-order chi connectivity index (χ1) is 8.41. The van der Waals surface area contributed by atoms with Crippen LogP contribution in [0.25, 0.3) is 11.3 Å². The summed E-state index contributed by atoms with van der Waals surface area (Å²) in [5.74, 6) is 1.42. The van der Waals surface area contributed by atoms with Gasteiger partial charge in [0.05, 0.1) is 5.69 Å². The number of nitrogens with zero attached hydrogens (tertiary/aromatic N) is 1. The Morgan fingerprint density at radius 3 is 2.50 bits per heavy atom. The van der Waals surface area contributed by atoms with Crippen LogP contribution in [0, 0.1) is 6.92 Å². The summed E-state index contributed by atoms with van der Waals surface area (Å²) in [5, 5.41) is 3.99. The van der Waals surface area contributed by atoms with E-state index in [2.05, 4.69) is 63.7 Å². The second-order valence-electron chi connectivity index (χ2n) is 5.62. The Kier molecular flexibility index (Phi) is 3.53. The van der Waals surface area contributed by atoms with E-state index in [9.17, 15) is 0 Å². The maximum atomic E-state index is 5.39. The summed E-state index contributed by atoms with van der Waals surface area (Å²) < 4.78 is 5.39. The molecule has 1 aromatic heterocycles. The Hall–Kier alpha value is -1.22. The van der Waals surface area contributed by atoms with Gasteiger partial charge in [0, 0.05) is 17.4 Å². The molecule has 0 amide bonds. The predicted molar refractivity (Wildman–Crippen MR) is 78.1 cm³/mol. The first kappa shape index (κ1) is 13.2. The molecule has 2 nitrogen and oxygen atoms in total. The van der Waals surface area contributed by atoms with Crippen molar-refractivity contribution in [1.82, 2.24) is 5.16 Å². The molecular formula is C15H19NOS.